The zero-order valence-electron chi connectivity index (χ0n) is 36.6. The Morgan fingerprint density at radius 3 is 1.46 bits per heavy atom. The number of hydrogen-bond acceptors (Lipinski definition) is 0. The van der Waals surface area contributed by atoms with E-state index in [0.717, 1.165) is 60.4 Å². The maximum Gasteiger partial charge on any atom is 0.0629 e. The highest BCUT2D eigenvalue weighted by molar-refractivity contribution is 6.13. The maximum atomic E-state index is 8.95. The van der Waals surface area contributed by atoms with Crippen molar-refractivity contribution < 1.29 is 13.7 Å². The van der Waals surface area contributed by atoms with Gasteiger partial charge in [0.1, 0.15) is 0 Å². The first kappa shape index (κ1) is 20.0. The van der Waals surface area contributed by atoms with Crippen LogP contribution in [-0.2, 0) is 0 Å². The summed E-state index contributed by atoms with van der Waals surface area (Å²) in [6.07, 6.45) is 0. The van der Waals surface area contributed by atoms with Gasteiger partial charge in [-0.1, -0.05) is 139 Å². The molecular formula is C48H32N2. The summed E-state index contributed by atoms with van der Waals surface area (Å²) in [4.78, 5) is 0. The molecule has 0 amide bonds. The van der Waals surface area contributed by atoms with E-state index in [1.807, 2.05) is 65.2 Å². The molecule has 0 aliphatic rings. The van der Waals surface area contributed by atoms with E-state index in [1.165, 1.54) is 0 Å². The molecule has 0 atom stereocenters. The first-order valence-corrected chi connectivity index (χ1v) is 16.4. The van der Waals surface area contributed by atoms with E-state index in [9.17, 15) is 0 Å². The van der Waals surface area contributed by atoms with Crippen LogP contribution in [0.2, 0.25) is 0 Å². The first-order valence-electron chi connectivity index (χ1n) is 21.4. The van der Waals surface area contributed by atoms with Crippen molar-refractivity contribution in [2.24, 2.45) is 0 Å². The summed E-state index contributed by atoms with van der Waals surface area (Å²) in [5.74, 6) is 0. The van der Waals surface area contributed by atoms with Crippen molar-refractivity contribution in [1.82, 2.24) is 9.13 Å². The fourth-order valence-electron chi connectivity index (χ4n) is 7.28. The quantitative estimate of drug-likeness (QED) is 0.176. The topological polar surface area (TPSA) is 9.86 Å². The van der Waals surface area contributed by atoms with Crippen LogP contribution < -0.4 is 0 Å². The van der Waals surface area contributed by atoms with E-state index >= 15 is 0 Å². The molecule has 10 rings (SSSR count). The Morgan fingerprint density at radius 2 is 0.820 bits per heavy atom. The van der Waals surface area contributed by atoms with Gasteiger partial charge in [-0.2, -0.15) is 0 Å². The third-order valence-electron chi connectivity index (χ3n) is 9.49. The lowest BCUT2D eigenvalue weighted by atomic mass is 9.98. The number of para-hydroxylation sites is 3. The van der Waals surface area contributed by atoms with Gasteiger partial charge in [-0.05, 0) is 82.4 Å². The van der Waals surface area contributed by atoms with Crippen LogP contribution in [0, 0.1) is 0 Å². The molecule has 0 saturated heterocycles. The Morgan fingerprint density at radius 1 is 0.340 bits per heavy atom. The summed E-state index contributed by atoms with van der Waals surface area (Å²) >= 11 is 0. The Balaban J connectivity index is 1.24. The lowest BCUT2D eigenvalue weighted by molar-refractivity contribution is 1.18. The third-order valence-corrected chi connectivity index (χ3v) is 9.49. The SMILES string of the molecule is [2H]c1c([2H])c([2H])c(-c2ccc(-c3c([2H])c([2H])c([2H])c([2H])c3[2H])c(-n3c4ccccc4c4cc(-c5ccc6c(c5)c5ccccc5n6-c5ccccc5)ccc43)c2)c([2H])c1[2H]. The molecule has 8 aromatic carbocycles. The van der Waals surface area contributed by atoms with Gasteiger partial charge in [-0.25, -0.2) is 0 Å². The summed E-state index contributed by atoms with van der Waals surface area (Å²) in [6, 6.07) is 39.5. The Labute approximate surface area is 304 Å². The van der Waals surface area contributed by atoms with Crippen LogP contribution in [0.5, 0.6) is 0 Å². The second kappa shape index (κ2) is 11.5. The van der Waals surface area contributed by atoms with Crippen LogP contribution in [0.15, 0.2) is 194 Å². The molecule has 0 aliphatic heterocycles. The summed E-state index contributed by atoms with van der Waals surface area (Å²) in [7, 11) is 0. The smallest absolute Gasteiger partial charge is 0.0629 e. The molecule has 50 heavy (non-hydrogen) atoms. The van der Waals surface area contributed by atoms with E-state index < -0.39 is 36.3 Å². The van der Waals surface area contributed by atoms with Gasteiger partial charge in [0, 0.05) is 32.8 Å². The second-order valence-electron chi connectivity index (χ2n) is 12.2. The van der Waals surface area contributed by atoms with E-state index in [1.54, 1.807) is 18.2 Å². The lowest BCUT2D eigenvalue weighted by Crippen LogP contribution is -1.98. The minimum atomic E-state index is -0.515. The number of benzene rings is 8. The van der Waals surface area contributed by atoms with Crippen LogP contribution in [0.1, 0.15) is 13.7 Å². The number of nitrogens with zero attached hydrogens (tertiary/aromatic N) is 2. The van der Waals surface area contributed by atoms with Crippen molar-refractivity contribution in [2.75, 3.05) is 0 Å². The predicted molar refractivity (Wildman–Crippen MR) is 211 cm³/mol. The third kappa shape index (κ3) is 4.50. The molecule has 0 bridgehead atoms. The number of rotatable bonds is 5. The zero-order valence-corrected chi connectivity index (χ0v) is 26.6. The molecule has 2 nitrogen and oxygen atoms in total. The first-order chi connectivity index (χ1) is 29.0. The van der Waals surface area contributed by atoms with Crippen molar-refractivity contribution in [2.45, 2.75) is 0 Å². The van der Waals surface area contributed by atoms with Gasteiger partial charge in [0.05, 0.1) is 41.5 Å². The van der Waals surface area contributed by atoms with E-state index in [-0.39, 0.29) is 35.3 Å². The molecule has 10 aromatic rings. The molecular weight excluding hydrogens is 605 g/mol. The monoisotopic (exact) mass is 646 g/mol. The number of fused-ring (bicyclic) bond motifs is 6. The summed E-state index contributed by atoms with van der Waals surface area (Å²) in [5, 5.41) is 4.05. The van der Waals surface area contributed by atoms with Gasteiger partial charge in [-0.3, -0.25) is 0 Å². The molecule has 2 aromatic heterocycles. The van der Waals surface area contributed by atoms with Crippen LogP contribution in [-0.4, -0.2) is 9.13 Å². The molecule has 0 N–H and O–H groups in total. The predicted octanol–water partition coefficient (Wildman–Crippen LogP) is 12.9. The van der Waals surface area contributed by atoms with Crippen molar-refractivity contribution in [3.8, 4) is 44.8 Å². The Hall–Kier alpha value is -6.64. The Bertz CT molecular complexity index is 3380. The standard InChI is InChI=1S/C48H32N2/c1-4-14-33(15-5-1)37-24-27-39(34-16-6-2-7-17-34)48(32-37)50-45-23-13-11-21-41(45)43-31-36(26-29-47(43)50)35-25-28-46-42(30-35)40-20-10-12-22-44(40)49(46)38-18-8-3-9-19-38/h1-32H/i1D,2D,4D,5D,6D,7D,14D,15D,16D,17D. The molecule has 0 saturated carbocycles. The molecule has 0 fully saturated rings. The molecule has 0 aliphatic carbocycles. The molecule has 2 heteroatoms. The molecule has 2 heterocycles. The van der Waals surface area contributed by atoms with Crippen molar-refractivity contribution >= 4 is 43.6 Å². The Kier molecular flexibility index (Phi) is 4.60. The van der Waals surface area contributed by atoms with Gasteiger partial charge in [0.2, 0.25) is 0 Å². The average Bonchev–Trinajstić information content (AvgIpc) is 3.79. The average molecular weight is 647 g/mol. The van der Waals surface area contributed by atoms with Crippen molar-refractivity contribution in [3.05, 3.63) is 194 Å². The molecule has 0 radical (unpaired) electrons. The normalized spacial score (nSPS) is 14.4. The van der Waals surface area contributed by atoms with E-state index in [2.05, 4.69) is 59.2 Å². The minimum absolute atomic E-state index is 0.0121. The maximum absolute atomic E-state index is 8.95. The van der Waals surface area contributed by atoms with Crippen LogP contribution >= 0.6 is 0 Å². The summed E-state index contributed by atoms with van der Waals surface area (Å²) in [5.41, 5.74) is 7.78. The van der Waals surface area contributed by atoms with Gasteiger partial charge in [-0.15, -0.1) is 0 Å². The molecule has 0 spiro atoms. The number of hydrogen-bond donors (Lipinski definition) is 0. The highest BCUT2D eigenvalue weighted by Gasteiger charge is 2.18. The van der Waals surface area contributed by atoms with Gasteiger partial charge < -0.3 is 9.13 Å². The summed E-state index contributed by atoms with van der Waals surface area (Å²) in [6.45, 7) is 0. The fourth-order valence-corrected chi connectivity index (χ4v) is 7.28. The van der Waals surface area contributed by atoms with Gasteiger partial charge >= 0.3 is 0 Å². The molecule has 234 valence electrons. The molecule has 0 unspecified atom stereocenters. The fraction of sp³-hybridized carbons (Fsp3) is 0. The van der Waals surface area contributed by atoms with Crippen LogP contribution in [0.25, 0.3) is 88.4 Å². The highest BCUT2D eigenvalue weighted by Crippen LogP contribution is 2.41. The zero-order chi connectivity index (χ0) is 41.7. The van der Waals surface area contributed by atoms with Crippen molar-refractivity contribution in [1.29, 1.82) is 0 Å². The van der Waals surface area contributed by atoms with Gasteiger partial charge in [0.15, 0.2) is 0 Å². The van der Waals surface area contributed by atoms with Crippen LogP contribution in [0.3, 0.4) is 0 Å². The lowest BCUT2D eigenvalue weighted by Gasteiger charge is -2.16. The van der Waals surface area contributed by atoms with Crippen molar-refractivity contribution in [3.63, 3.8) is 0 Å². The number of aromatic nitrogens is 2. The van der Waals surface area contributed by atoms with E-state index in [0.29, 0.717) is 16.8 Å². The van der Waals surface area contributed by atoms with Gasteiger partial charge in [0.25, 0.3) is 0 Å². The largest absolute Gasteiger partial charge is 0.309 e. The second-order valence-corrected chi connectivity index (χ2v) is 12.2. The minimum Gasteiger partial charge on any atom is -0.309 e. The van der Waals surface area contributed by atoms with E-state index in [4.69, 9.17) is 13.7 Å². The summed E-state index contributed by atoms with van der Waals surface area (Å²) < 4.78 is 90.0. The highest BCUT2D eigenvalue weighted by atomic mass is 15.0. The van der Waals surface area contributed by atoms with Crippen LogP contribution in [0.4, 0.5) is 0 Å².